The molecule has 0 aliphatic rings. The summed E-state index contributed by atoms with van der Waals surface area (Å²) in [5.74, 6) is -0.154. The van der Waals surface area contributed by atoms with E-state index < -0.39 is 20.0 Å². The van der Waals surface area contributed by atoms with Crippen LogP contribution in [0.4, 0.5) is 0 Å². The van der Waals surface area contributed by atoms with E-state index in [0.29, 0.717) is 23.9 Å². The lowest BCUT2D eigenvalue weighted by Crippen LogP contribution is -2.46. The Morgan fingerprint density at radius 1 is 0.449 bits per heavy atom. The molecule has 3 N–H and O–H groups in total. The van der Waals surface area contributed by atoms with Crippen molar-refractivity contribution in [3.05, 3.63) is 97.2 Å². The van der Waals surface area contributed by atoms with E-state index in [4.69, 9.17) is 9.05 Å². The molecule has 0 saturated heterocycles. The summed E-state index contributed by atoms with van der Waals surface area (Å²) >= 11 is 0. The van der Waals surface area contributed by atoms with E-state index >= 15 is 0 Å². The van der Waals surface area contributed by atoms with Crippen LogP contribution in [-0.2, 0) is 18.4 Å². The molecule has 3 unspecified atom stereocenters. The number of quaternary nitrogens is 1. The maximum absolute atomic E-state index is 13.1. The number of likely N-dealkylation sites (N-methyl/N-ethyl adjacent to an activating group) is 1. The van der Waals surface area contributed by atoms with E-state index in [0.717, 1.165) is 96.3 Å². The van der Waals surface area contributed by atoms with Gasteiger partial charge < -0.3 is 19.8 Å². The lowest BCUT2D eigenvalue weighted by Gasteiger charge is -2.26. The molecule has 8 nitrogen and oxygen atoms in total. The van der Waals surface area contributed by atoms with Gasteiger partial charge in [-0.15, -0.1) is 0 Å². The third-order valence-corrected chi connectivity index (χ3v) is 15.3. The summed E-state index contributed by atoms with van der Waals surface area (Å²) in [5.41, 5.74) is 0. The topological polar surface area (TPSA) is 105 Å². The number of allylic oxidation sites excluding steroid dienone is 16. The van der Waals surface area contributed by atoms with Crippen LogP contribution in [0.1, 0.15) is 284 Å². The molecule has 0 heterocycles. The van der Waals surface area contributed by atoms with Gasteiger partial charge in [-0.1, -0.05) is 297 Å². The summed E-state index contributed by atoms with van der Waals surface area (Å²) in [6.07, 6.45) is 84.8. The summed E-state index contributed by atoms with van der Waals surface area (Å²) in [6, 6.07) is -0.773. The molecule has 0 saturated carbocycles. The predicted molar refractivity (Wildman–Crippen MR) is 341 cm³/mol. The molecule has 0 aliphatic heterocycles. The fraction of sp³-hybridized carbons (Fsp3) is 0.754. The van der Waals surface area contributed by atoms with Crippen molar-refractivity contribution in [1.82, 2.24) is 5.32 Å². The molecule has 0 radical (unpaired) electrons. The van der Waals surface area contributed by atoms with Gasteiger partial charge in [0, 0.05) is 6.42 Å². The smallest absolute Gasteiger partial charge is 0.391 e. The van der Waals surface area contributed by atoms with Gasteiger partial charge in [-0.2, -0.15) is 0 Å². The van der Waals surface area contributed by atoms with Crippen molar-refractivity contribution in [3.63, 3.8) is 0 Å². The Bertz CT molecular complexity index is 1590. The van der Waals surface area contributed by atoms with Gasteiger partial charge >= 0.3 is 7.82 Å². The zero-order valence-corrected chi connectivity index (χ0v) is 52.5. The predicted octanol–water partition coefficient (Wildman–Crippen LogP) is 20.5. The monoisotopic (exact) mass is 1110 g/mol. The summed E-state index contributed by atoms with van der Waals surface area (Å²) in [4.78, 5) is 23.4. The second-order valence-corrected chi connectivity index (χ2v) is 24.6. The van der Waals surface area contributed by atoms with E-state index in [1.54, 1.807) is 0 Å². The molecule has 0 aromatic heterocycles. The highest BCUT2D eigenvalue weighted by Crippen LogP contribution is 2.43. The standard InChI is InChI=1S/C69H125N2O6P/c1-6-8-10-12-14-16-18-20-22-24-26-28-30-31-32-33-34-35-36-37-38-39-41-43-45-47-49-51-53-55-57-59-61-63-69(73)70-67(66-77-78(74,75)76-65-64-71(3,4)5)68(72)62-60-58-56-54-52-50-48-46-44-42-40-29-27-25-23-21-19-17-15-13-11-9-7-2/h8,10,14,16,20,22,26,28,31-32,34-35,37-38,41,43,67-68,72H,6-7,9,11-13,15,17-19,21,23-25,27,29-30,33,36,39-40,42,44-66H2,1-5H3,(H-,70,73,74,75)/p+1/b10-8-,16-14-,22-20-,28-26-,32-31-,35-34-,38-37-,43-41-. The van der Waals surface area contributed by atoms with Gasteiger partial charge in [0.05, 0.1) is 39.9 Å². The van der Waals surface area contributed by atoms with Gasteiger partial charge in [-0.3, -0.25) is 13.8 Å². The second kappa shape index (κ2) is 59.1. The number of hydrogen-bond donors (Lipinski definition) is 3. The van der Waals surface area contributed by atoms with Crippen LogP contribution in [0.2, 0.25) is 0 Å². The minimum Gasteiger partial charge on any atom is -0.391 e. The highest BCUT2D eigenvalue weighted by atomic mass is 31.2. The molecule has 3 atom stereocenters. The number of rotatable bonds is 59. The highest BCUT2D eigenvalue weighted by molar-refractivity contribution is 7.47. The van der Waals surface area contributed by atoms with Gasteiger partial charge in [-0.05, 0) is 77.0 Å². The van der Waals surface area contributed by atoms with Gasteiger partial charge in [0.1, 0.15) is 13.2 Å². The average Bonchev–Trinajstić information content (AvgIpc) is 3.41. The molecule has 0 rings (SSSR count). The van der Waals surface area contributed by atoms with Crippen molar-refractivity contribution in [3.8, 4) is 0 Å². The Balaban J connectivity index is 4.15. The summed E-state index contributed by atoms with van der Waals surface area (Å²) in [7, 11) is 1.60. The second-order valence-electron chi connectivity index (χ2n) is 23.1. The van der Waals surface area contributed by atoms with Crippen LogP contribution in [0, 0.1) is 0 Å². The molecule has 0 bridgehead atoms. The van der Waals surface area contributed by atoms with Crippen LogP contribution >= 0.6 is 7.82 Å². The van der Waals surface area contributed by atoms with Crippen molar-refractivity contribution >= 4 is 13.7 Å². The molecule has 0 aliphatic carbocycles. The number of unbranched alkanes of at least 4 members (excludes halogenated alkanes) is 30. The number of hydrogen-bond acceptors (Lipinski definition) is 5. The van der Waals surface area contributed by atoms with Crippen molar-refractivity contribution in [1.29, 1.82) is 0 Å². The van der Waals surface area contributed by atoms with Crippen LogP contribution in [0.3, 0.4) is 0 Å². The van der Waals surface area contributed by atoms with E-state index in [1.807, 2.05) is 21.1 Å². The molecule has 0 aromatic rings. The highest BCUT2D eigenvalue weighted by Gasteiger charge is 2.28. The first-order chi connectivity index (χ1) is 38.0. The SMILES string of the molecule is CC/C=C\C/C=C\C/C=C\C/C=C\C/C=C\C/C=C\C/C=C\C/C=C\CCCCCCCCCCC(=O)NC(COP(=O)(O)OCC[N+](C)(C)C)C(O)CCCCCCCCCCCCCCCCCCCCCCCCC. The Labute approximate surface area is 483 Å². The lowest BCUT2D eigenvalue weighted by molar-refractivity contribution is -0.870. The zero-order valence-electron chi connectivity index (χ0n) is 51.6. The summed E-state index contributed by atoms with van der Waals surface area (Å²) in [6.45, 7) is 4.79. The number of aliphatic hydroxyl groups is 1. The average molecular weight is 1110 g/mol. The molecule has 452 valence electrons. The molecule has 9 heteroatoms. The van der Waals surface area contributed by atoms with Gasteiger partial charge in [0.15, 0.2) is 0 Å². The van der Waals surface area contributed by atoms with Gasteiger partial charge in [0.2, 0.25) is 5.91 Å². The van der Waals surface area contributed by atoms with Crippen LogP contribution in [-0.4, -0.2) is 73.4 Å². The van der Waals surface area contributed by atoms with Crippen LogP contribution in [0.5, 0.6) is 0 Å². The fourth-order valence-corrected chi connectivity index (χ4v) is 10.0. The number of nitrogens with one attached hydrogen (secondary N) is 1. The van der Waals surface area contributed by atoms with Crippen molar-refractivity contribution in [2.24, 2.45) is 0 Å². The Morgan fingerprint density at radius 3 is 1.13 bits per heavy atom. The van der Waals surface area contributed by atoms with Gasteiger partial charge in [0.25, 0.3) is 0 Å². The third kappa shape index (κ3) is 61.0. The van der Waals surface area contributed by atoms with Crippen LogP contribution in [0.15, 0.2) is 97.2 Å². The Kier molecular flexibility index (Phi) is 57.1. The molecular weight excluding hydrogens is 984 g/mol. The number of carbonyl (C=O) groups excluding carboxylic acids is 1. The first kappa shape index (κ1) is 75.4. The van der Waals surface area contributed by atoms with Crippen LogP contribution < -0.4 is 5.32 Å². The molecule has 1 amide bonds. The fourth-order valence-electron chi connectivity index (χ4n) is 9.30. The van der Waals surface area contributed by atoms with Crippen molar-refractivity contribution in [2.75, 3.05) is 40.9 Å². The lowest BCUT2D eigenvalue weighted by atomic mass is 10.0. The number of amides is 1. The third-order valence-electron chi connectivity index (χ3n) is 14.3. The number of aliphatic hydroxyl groups excluding tert-OH is 1. The number of phosphoric acid groups is 1. The summed E-state index contributed by atoms with van der Waals surface area (Å²) in [5, 5.41) is 14.1. The Morgan fingerprint density at radius 2 is 0.769 bits per heavy atom. The van der Waals surface area contributed by atoms with E-state index in [1.165, 1.54) is 161 Å². The van der Waals surface area contributed by atoms with Gasteiger partial charge in [-0.25, -0.2) is 4.57 Å². The number of nitrogens with zero attached hydrogens (tertiary/aromatic N) is 1. The molecule has 0 aromatic carbocycles. The number of carbonyl (C=O) groups is 1. The van der Waals surface area contributed by atoms with Crippen molar-refractivity contribution in [2.45, 2.75) is 296 Å². The molecule has 78 heavy (non-hydrogen) atoms. The van der Waals surface area contributed by atoms with E-state index in [9.17, 15) is 19.4 Å². The van der Waals surface area contributed by atoms with E-state index in [2.05, 4.69) is 116 Å². The first-order valence-electron chi connectivity index (χ1n) is 32.6. The van der Waals surface area contributed by atoms with E-state index in [-0.39, 0.29) is 19.1 Å². The summed E-state index contributed by atoms with van der Waals surface area (Å²) < 4.78 is 23.9. The minimum atomic E-state index is -4.34. The molecular formula is C69H126N2O6P+. The molecule has 0 fully saturated rings. The maximum Gasteiger partial charge on any atom is 0.472 e. The van der Waals surface area contributed by atoms with Crippen molar-refractivity contribution < 1.29 is 32.9 Å². The minimum absolute atomic E-state index is 0.0689. The quantitative estimate of drug-likeness (QED) is 0.0243. The Hall–Kier alpha value is -2.58. The first-order valence-corrected chi connectivity index (χ1v) is 34.1. The largest absolute Gasteiger partial charge is 0.472 e. The zero-order chi connectivity index (χ0) is 57.0. The molecule has 0 spiro atoms. The van der Waals surface area contributed by atoms with Crippen LogP contribution in [0.25, 0.3) is 0 Å². The number of phosphoric ester groups is 1. The maximum atomic E-state index is 13.1. The normalized spacial score (nSPS) is 14.4.